The van der Waals surface area contributed by atoms with Gasteiger partial charge in [0.15, 0.2) is 4.77 Å². The lowest BCUT2D eigenvalue weighted by Crippen LogP contribution is -2.30. The zero-order chi connectivity index (χ0) is 14.1. The molecule has 1 aromatic carbocycles. The number of aryl methyl sites for hydroxylation is 1. The van der Waals surface area contributed by atoms with E-state index >= 15 is 0 Å². The number of fused-ring (bicyclic) bond motifs is 1. The Hall–Kier alpha value is -1.72. The number of hydrogen-bond acceptors (Lipinski definition) is 4. The Bertz CT molecular complexity index is 696. The number of nitrogens with one attached hydrogen (secondary N) is 1. The maximum Gasteiger partial charge on any atom is 0.196 e. The molecule has 0 unspecified atom stereocenters. The van der Waals surface area contributed by atoms with Crippen LogP contribution in [0.5, 0.6) is 5.75 Å². The second-order valence-corrected chi connectivity index (χ2v) is 5.62. The number of H-pyrrole nitrogens is 1. The van der Waals surface area contributed by atoms with E-state index in [0.29, 0.717) is 10.5 Å². The molecule has 4 nitrogen and oxygen atoms in total. The van der Waals surface area contributed by atoms with Crippen molar-refractivity contribution in [2.24, 2.45) is 0 Å². The first-order chi connectivity index (χ1) is 9.63. The Morgan fingerprint density at radius 3 is 3.15 bits per heavy atom. The average molecular weight is 287 g/mol. The van der Waals surface area contributed by atoms with Crippen molar-refractivity contribution in [3.63, 3.8) is 0 Å². The fourth-order valence-corrected chi connectivity index (χ4v) is 2.80. The minimum atomic E-state index is 0.406. The third kappa shape index (κ3) is 2.59. The highest BCUT2D eigenvalue weighted by Gasteiger charge is 2.18. The Labute approximate surface area is 123 Å². The number of phenols is 1. The number of aromatic nitrogens is 2. The second-order valence-electron chi connectivity index (χ2n) is 5.24. The van der Waals surface area contributed by atoms with Crippen molar-refractivity contribution in [3.05, 3.63) is 51.6 Å². The maximum absolute atomic E-state index is 10.1. The summed E-state index contributed by atoms with van der Waals surface area (Å²) in [5, 5.41) is 10.1. The van der Waals surface area contributed by atoms with Crippen LogP contribution in [-0.4, -0.2) is 26.5 Å². The van der Waals surface area contributed by atoms with Crippen LogP contribution in [-0.2, 0) is 19.5 Å². The zero-order valence-electron chi connectivity index (χ0n) is 11.4. The molecule has 104 valence electrons. The molecule has 2 aromatic rings. The molecule has 1 aromatic heterocycles. The summed E-state index contributed by atoms with van der Waals surface area (Å²) >= 11 is 5.05. The van der Waals surface area contributed by atoms with Crippen molar-refractivity contribution < 1.29 is 5.11 Å². The lowest BCUT2D eigenvalue weighted by Gasteiger charge is -2.28. The molecule has 20 heavy (non-hydrogen) atoms. The van der Waals surface area contributed by atoms with Crippen LogP contribution in [0.1, 0.15) is 22.4 Å². The number of hydrogen-bond donors (Lipinski definition) is 2. The highest BCUT2D eigenvalue weighted by atomic mass is 32.1. The van der Waals surface area contributed by atoms with Gasteiger partial charge in [0.25, 0.3) is 0 Å². The molecule has 0 aliphatic carbocycles. The van der Waals surface area contributed by atoms with Crippen LogP contribution in [0.15, 0.2) is 24.4 Å². The molecule has 0 bridgehead atoms. The van der Waals surface area contributed by atoms with E-state index in [1.807, 2.05) is 31.3 Å². The summed E-state index contributed by atoms with van der Waals surface area (Å²) in [5.74, 6) is 0.406. The smallest absolute Gasteiger partial charge is 0.196 e. The van der Waals surface area contributed by atoms with Crippen molar-refractivity contribution >= 4 is 12.2 Å². The van der Waals surface area contributed by atoms with Gasteiger partial charge in [-0.05, 0) is 24.7 Å². The van der Waals surface area contributed by atoms with E-state index in [1.165, 1.54) is 11.3 Å². The quantitative estimate of drug-likeness (QED) is 0.834. The van der Waals surface area contributed by atoms with Gasteiger partial charge in [0.1, 0.15) is 5.75 Å². The van der Waals surface area contributed by atoms with Gasteiger partial charge in [-0.3, -0.25) is 4.90 Å². The second kappa shape index (κ2) is 5.34. The first kappa shape index (κ1) is 13.3. The average Bonchev–Trinajstić information content (AvgIpc) is 2.44. The van der Waals surface area contributed by atoms with Gasteiger partial charge in [0, 0.05) is 49.1 Å². The number of aromatic hydroxyl groups is 1. The molecule has 0 amide bonds. The third-order valence-electron chi connectivity index (χ3n) is 3.77. The van der Waals surface area contributed by atoms with Crippen LogP contribution in [0.25, 0.3) is 0 Å². The predicted octanol–water partition coefficient (Wildman–Crippen LogP) is 2.71. The van der Waals surface area contributed by atoms with E-state index in [0.717, 1.165) is 37.2 Å². The van der Waals surface area contributed by atoms with Crippen LogP contribution in [0.2, 0.25) is 0 Å². The predicted molar refractivity (Wildman–Crippen MR) is 80.1 cm³/mol. The first-order valence-electron chi connectivity index (χ1n) is 6.70. The largest absolute Gasteiger partial charge is 0.507 e. The molecule has 1 aliphatic rings. The summed E-state index contributed by atoms with van der Waals surface area (Å²) in [6, 6.07) is 5.89. The lowest BCUT2D eigenvalue weighted by atomic mass is 10.1. The molecule has 0 saturated heterocycles. The van der Waals surface area contributed by atoms with Crippen molar-refractivity contribution in [2.45, 2.75) is 26.4 Å². The van der Waals surface area contributed by atoms with E-state index in [2.05, 4.69) is 14.9 Å². The summed E-state index contributed by atoms with van der Waals surface area (Å²) in [6.45, 7) is 4.47. The maximum atomic E-state index is 10.1. The van der Waals surface area contributed by atoms with E-state index in [-0.39, 0.29) is 0 Å². The van der Waals surface area contributed by atoms with E-state index in [4.69, 9.17) is 12.2 Å². The summed E-state index contributed by atoms with van der Waals surface area (Å²) in [7, 11) is 0. The zero-order valence-corrected chi connectivity index (χ0v) is 12.2. The minimum absolute atomic E-state index is 0.406. The van der Waals surface area contributed by atoms with Gasteiger partial charge in [-0.2, -0.15) is 0 Å². The molecule has 1 aliphatic heterocycles. The third-order valence-corrected chi connectivity index (χ3v) is 3.98. The van der Waals surface area contributed by atoms with Crippen LogP contribution in [0.3, 0.4) is 0 Å². The van der Waals surface area contributed by atoms with E-state index in [9.17, 15) is 5.11 Å². The van der Waals surface area contributed by atoms with Crippen molar-refractivity contribution in [1.29, 1.82) is 0 Å². The van der Waals surface area contributed by atoms with Crippen LogP contribution in [0, 0.1) is 11.7 Å². The fraction of sp³-hybridized carbons (Fsp3) is 0.333. The van der Waals surface area contributed by atoms with Gasteiger partial charge in [0.2, 0.25) is 0 Å². The number of nitrogens with zero attached hydrogens (tertiary/aromatic N) is 2. The first-order valence-corrected chi connectivity index (χ1v) is 7.11. The minimum Gasteiger partial charge on any atom is -0.507 e. The van der Waals surface area contributed by atoms with Crippen molar-refractivity contribution in [1.82, 2.24) is 14.9 Å². The highest BCUT2D eigenvalue weighted by molar-refractivity contribution is 7.71. The molecule has 0 saturated carbocycles. The normalized spacial score (nSPS) is 15.1. The van der Waals surface area contributed by atoms with Crippen LogP contribution in [0.4, 0.5) is 0 Å². The highest BCUT2D eigenvalue weighted by Crippen LogP contribution is 2.25. The van der Waals surface area contributed by atoms with Crippen molar-refractivity contribution in [2.75, 3.05) is 6.54 Å². The number of benzene rings is 1. The van der Waals surface area contributed by atoms with E-state index in [1.54, 1.807) is 0 Å². The fourth-order valence-electron chi connectivity index (χ4n) is 2.63. The molecule has 0 spiro atoms. The van der Waals surface area contributed by atoms with Gasteiger partial charge in [-0.15, -0.1) is 0 Å². The molecule has 2 heterocycles. The summed E-state index contributed by atoms with van der Waals surface area (Å²) in [4.78, 5) is 9.62. The topological polar surface area (TPSA) is 52.2 Å². The Morgan fingerprint density at radius 2 is 2.30 bits per heavy atom. The molecule has 2 N–H and O–H groups in total. The number of aromatic amines is 1. The number of phenolic OH excluding ortho intramolecular Hbond substituents is 1. The molecular weight excluding hydrogens is 270 g/mol. The summed E-state index contributed by atoms with van der Waals surface area (Å²) in [5.41, 5.74) is 4.28. The molecule has 0 atom stereocenters. The Balaban J connectivity index is 1.79. The lowest BCUT2D eigenvalue weighted by molar-refractivity contribution is 0.239. The van der Waals surface area contributed by atoms with Crippen molar-refractivity contribution in [3.8, 4) is 5.75 Å². The molecule has 0 fully saturated rings. The molecule has 0 radical (unpaired) electrons. The van der Waals surface area contributed by atoms with E-state index < -0.39 is 0 Å². The summed E-state index contributed by atoms with van der Waals surface area (Å²) in [6.07, 6.45) is 2.80. The Morgan fingerprint density at radius 1 is 1.45 bits per heavy atom. The van der Waals surface area contributed by atoms with Crippen LogP contribution < -0.4 is 0 Å². The van der Waals surface area contributed by atoms with Gasteiger partial charge in [-0.25, -0.2) is 4.98 Å². The SMILES string of the molecule is Cc1cccc(CN2CCc3[nH]c(=S)ncc3C2)c1O. The van der Waals surface area contributed by atoms with Crippen LogP contribution >= 0.6 is 12.2 Å². The number of para-hydroxylation sites is 1. The monoisotopic (exact) mass is 287 g/mol. The number of rotatable bonds is 2. The molecule has 5 heteroatoms. The Kier molecular flexibility index (Phi) is 3.54. The molecule has 3 rings (SSSR count). The van der Waals surface area contributed by atoms with Gasteiger partial charge >= 0.3 is 0 Å². The molecular formula is C15H17N3OS. The van der Waals surface area contributed by atoms with Gasteiger partial charge in [-0.1, -0.05) is 18.2 Å². The van der Waals surface area contributed by atoms with Gasteiger partial charge < -0.3 is 10.1 Å². The standard InChI is InChI=1S/C15H17N3OS/c1-10-3-2-4-11(14(10)19)8-18-6-5-13-12(9-18)7-16-15(20)17-13/h2-4,7,19H,5-6,8-9H2,1H3,(H,16,17,20). The van der Waals surface area contributed by atoms with Gasteiger partial charge in [0.05, 0.1) is 0 Å². The summed E-state index contributed by atoms with van der Waals surface area (Å²) < 4.78 is 0.550.